The Hall–Kier alpha value is -3.85. The summed E-state index contributed by atoms with van der Waals surface area (Å²) in [7, 11) is 0. The highest BCUT2D eigenvalue weighted by Crippen LogP contribution is 2.32. The quantitative estimate of drug-likeness (QED) is 0.434. The summed E-state index contributed by atoms with van der Waals surface area (Å²) in [4.78, 5) is 20.8. The third-order valence-electron chi connectivity index (χ3n) is 5.91. The normalized spacial score (nSPS) is 16.1. The average molecular weight is 446 g/mol. The molecule has 1 fully saturated rings. The molecule has 5 rings (SSSR count). The van der Waals surface area contributed by atoms with E-state index in [1.807, 2.05) is 22.9 Å². The summed E-state index contributed by atoms with van der Waals surface area (Å²) in [5, 5.41) is 11.7. The van der Waals surface area contributed by atoms with Crippen LogP contribution in [0, 0.1) is 11.7 Å². The first kappa shape index (κ1) is 21.0. The van der Waals surface area contributed by atoms with Gasteiger partial charge in [0, 0.05) is 36.1 Å². The summed E-state index contributed by atoms with van der Waals surface area (Å²) in [6.45, 7) is 2.84. The molecule has 1 aliphatic heterocycles. The standard InChI is InChI=1S/C24H24FN7O/c25-18-7-10-28-20(12-18)30-24(33)17-5-3-16(4-6-17)22-21-19(8-11-29-23(21)26)32(31-22)14-15-2-1-9-27-13-15/h3-8,10-12,15,27H,1-2,9,13-14H2,(H2,26,29)(H,28,30,33). The number of anilines is 2. The molecule has 168 valence electrons. The van der Waals surface area contributed by atoms with Gasteiger partial charge in [-0.1, -0.05) is 12.1 Å². The number of nitrogens with two attached hydrogens (primary N) is 1. The van der Waals surface area contributed by atoms with Crippen LogP contribution in [-0.4, -0.2) is 38.7 Å². The fraction of sp³-hybridized carbons (Fsp3) is 0.250. The number of nitrogen functional groups attached to an aromatic ring is 1. The van der Waals surface area contributed by atoms with Crippen molar-refractivity contribution in [1.82, 2.24) is 25.1 Å². The van der Waals surface area contributed by atoms with E-state index >= 15 is 0 Å². The molecule has 3 aromatic heterocycles. The van der Waals surface area contributed by atoms with Crippen LogP contribution in [0.1, 0.15) is 23.2 Å². The van der Waals surface area contributed by atoms with Crippen LogP contribution in [-0.2, 0) is 6.54 Å². The molecule has 0 spiro atoms. The number of rotatable bonds is 5. The molecular formula is C24H24FN7O. The van der Waals surface area contributed by atoms with Crippen molar-refractivity contribution in [3.05, 3.63) is 66.2 Å². The van der Waals surface area contributed by atoms with E-state index in [9.17, 15) is 9.18 Å². The number of amides is 1. The van der Waals surface area contributed by atoms with Gasteiger partial charge in [-0.2, -0.15) is 5.10 Å². The predicted octanol–water partition coefficient (Wildman–Crippen LogP) is 3.47. The Morgan fingerprint density at radius 2 is 2.00 bits per heavy atom. The third-order valence-corrected chi connectivity index (χ3v) is 5.91. The maximum atomic E-state index is 13.4. The van der Waals surface area contributed by atoms with Crippen LogP contribution < -0.4 is 16.4 Å². The number of hydrogen-bond donors (Lipinski definition) is 3. The second kappa shape index (κ2) is 8.95. The number of nitrogens with one attached hydrogen (secondary N) is 2. The van der Waals surface area contributed by atoms with Crippen molar-refractivity contribution >= 4 is 28.4 Å². The van der Waals surface area contributed by atoms with Gasteiger partial charge in [0.2, 0.25) is 0 Å². The minimum atomic E-state index is -0.465. The van der Waals surface area contributed by atoms with E-state index in [2.05, 4.69) is 20.6 Å². The molecule has 4 heterocycles. The van der Waals surface area contributed by atoms with Gasteiger partial charge in [0.1, 0.15) is 23.1 Å². The summed E-state index contributed by atoms with van der Waals surface area (Å²) in [5.41, 5.74) is 9.18. The van der Waals surface area contributed by atoms with Gasteiger partial charge in [-0.15, -0.1) is 0 Å². The van der Waals surface area contributed by atoms with Gasteiger partial charge in [0.05, 0.1) is 10.9 Å². The van der Waals surface area contributed by atoms with Crippen molar-refractivity contribution in [3.8, 4) is 11.3 Å². The zero-order valence-electron chi connectivity index (χ0n) is 18.0. The van der Waals surface area contributed by atoms with Crippen LogP contribution >= 0.6 is 0 Å². The molecule has 1 unspecified atom stereocenters. The lowest BCUT2D eigenvalue weighted by molar-refractivity contribution is 0.102. The molecule has 1 saturated heterocycles. The first-order valence-electron chi connectivity index (χ1n) is 10.9. The largest absolute Gasteiger partial charge is 0.383 e. The van der Waals surface area contributed by atoms with Crippen LogP contribution in [0.2, 0.25) is 0 Å². The van der Waals surface area contributed by atoms with E-state index in [0.717, 1.165) is 54.6 Å². The lowest BCUT2D eigenvalue weighted by atomic mass is 10.00. The van der Waals surface area contributed by atoms with E-state index < -0.39 is 5.82 Å². The number of carbonyl (C=O) groups excluding carboxylic acids is 1. The van der Waals surface area contributed by atoms with Gasteiger partial charge in [0.15, 0.2) is 0 Å². The van der Waals surface area contributed by atoms with Crippen molar-refractivity contribution < 1.29 is 9.18 Å². The molecule has 1 aliphatic rings. The molecular weight excluding hydrogens is 421 g/mol. The number of piperidine rings is 1. The van der Waals surface area contributed by atoms with Gasteiger partial charge in [0.25, 0.3) is 5.91 Å². The number of hydrogen-bond acceptors (Lipinski definition) is 6. The number of aromatic nitrogens is 4. The highest BCUT2D eigenvalue weighted by atomic mass is 19.1. The van der Waals surface area contributed by atoms with Gasteiger partial charge in [-0.05, 0) is 56.1 Å². The van der Waals surface area contributed by atoms with Crippen LogP contribution in [0.25, 0.3) is 22.2 Å². The van der Waals surface area contributed by atoms with E-state index in [0.29, 0.717) is 17.3 Å². The average Bonchev–Trinajstić information content (AvgIpc) is 3.19. The zero-order valence-corrected chi connectivity index (χ0v) is 18.0. The topological polar surface area (TPSA) is 111 Å². The summed E-state index contributed by atoms with van der Waals surface area (Å²) in [6, 6.07) is 11.4. The van der Waals surface area contributed by atoms with Crippen LogP contribution in [0.4, 0.5) is 16.0 Å². The second-order valence-electron chi connectivity index (χ2n) is 8.22. The second-order valence-corrected chi connectivity index (χ2v) is 8.22. The van der Waals surface area contributed by atoms with Crippen molar-refractivity contribution in [1.29, 1.82) is 0 Å². The van der Waals surface area contributed by atoms with Crippen molar-refractivity contribution in [2.75, 3.05) is 24.1 Å². The molecule has 33 heavy (non-hydrogen) atoms. The minimum absolute atomic E-state index is 0.157. The maximum Gasteiger partial charge on any atom is 0.256 e. The molecule has 1 atom stereocenters. The monoisotopic (exact) mass is 445 g/mol. The molecule has 0 bridgehead atoms. The lowest BCUT2D eigenvalue weighted by Crippen LogP contribution is -2.32. The molecule has 4 aromatic rings. The first-order valence-corrected chi connectivity index (χ1v) is 10.9. The fourth-order valence-corrected chi connectivity index (χ4v) is 4.26. The maximum absolute atomic E-state index is 13.4. The van der Waals surface area contributed by atoms with Crippen molar-refractivity contribution in [2.24, 2.45) is 5.92 Å². The molecule has 4 N–H and O–H groups in total. The highest BCUT2D eigenvalue weighted by Gasteiger charge is 2.20. The van der Waals surface area contributed by atoms with Crippen molar-refractivity contribution in [2.45, 2.75) is 19.4 Å². The summed E-state index contributed by atoms with van der Waals surface area (Å²) in [5.74, 6) is 0.250. The van der Waals surface area contributed by atoms with E-state index in [-0.39, 0.29) is 11.7 Å². The van der Waals surface area contributed by atoms with Gasteiger partial charge < -0.3 is 16.4 Å². The Labute approximate surface area is 190 Å². The van der Waals surface area contributed by atoms with E-state index in [4.69, 9.17) is 10.8 Å². The SMILES string of the molecule is Nc1nccc2c1c(-c1ccc(C(=O)Nc3cc(F)ccn3)cc1)nn2CC1CCCNC1. The molecule has 0 aliphatic carbocycles. The Bertz CT molecular complexity index is 1300. The number of nitrogens with zero attached hydrogens (tertiary/aromatic N) is 4. The highest BCUT2D eigenvalue weighted by molar-refractivity contribution is 6.04. The number of benzene rings is 1. The summed E-state index contributed by atoms with van der Waals surface area (Å²) in [6.07, 6.45) is 5.33. The molecule has 1 amide bonds. The number of halogens is 1. The molecule has 0 saturated carbocycles. The summed E-state index contributed by atoms with van der Waals surface area (Å²) >= 11 is 0. The van der Waals surface area contributed by atoms with Gasteiger partial charge in [-0.25, -0.2) is 14.4 Å². The smallest absolute Gasteiger partial charge is 0.256 e. The molecule has 1 aromatic carbocycles. The zero-order chi connectivity index (χ0) is 22.8. The lowest BCUT2D eigenvalue weighted by Gasteiger charge is -2.22. The molecule has 8 nitrogen and oxygen atoms in total. The Morgan fingerprint density at radius 1 is 1.18 bits per heavy atom. The summed E-state index contributed by atoms with van der Waals surface area (Å²) < 4.78 is 15.4. The van der Waals surface area contributed by atoms with E-state index in [1.54, 1.807) is 18.3 Å². The van der Waals surface area contributed by atoms with Crippen LogP contribution in [0.3, 0.4) is 0 Å². The first-order chi connectivity index (χ1) is 16.1. The fourth-order valence-electron chi connectivity index (χ4n) is 4.26. The van der Waals surface area contributed by atoms with E-state index in [1.165, 1.54) is 18.3 Å². The van der Waals surface area contributed by atoms with Crippen molar-refractivity contribution in [3.63, 3.8) is 0 Å². The van der Waals surface area contributed by atoms with Gasteiger partial charge >= 0.3 is 0 Å². The van der Waals surface area contributed by atoms with Crippen LogP contribution in [0.5, 0.6) is 0 Å². The number of fused-ring (bicyclic) bond motifs is 1. The third kappa shape index (κ3) is 4.40. The molecule has 0 radical (unpaired) electrons. The Kier molecular flexibility index (Phi) is 5.70. The number of pyridine rings is 2. The Balaban J connectivity index is 1.43. The molecule has 9 heteroatoms. The minimum Gasteiger partial charge on any atom is -0.383 e. The number of carbonyl (C=O) groups is 1. The predicted molar refractivity (Wildman–Crippen MR) is 125 cm³/mol. The van der Waals surface area contributed by atoms with Gasteiger partial charge in [-0.3, -0.25) is 9.48 Å². The van der Waals surface area contributed by atoms with Crippen LogP contribution in [0.15, 0.2) is 54.9 Å². The Morgan fingerprint density at radius 3 is 2.76 bits per heavy atom.